The van der Waals surface area contributed by atoms with E-state index >= 15 is 0 Å². The minimum Gasteiger partial charge on any atom is -0.459 e. The molecular formula is C21H24N3O4+. The van der Waals surface area contributed by atoms with Crippen molar-refractivity contribution in [2.75, 3.05) is 31.1 Å². The second kappa shape index (κ2) is 7.24. The van der Waals surface area contributed by atoms with Gasteiger partial charge in [-0.2, -0.15) is 0 Å². The lowest BCUT2D eigenvalue weighted by molar-refractivity contribution is -0.918. The van der Waals surface area contributed by atoms with Gasteiger partial charge >= 0.3 is 0 Å². The number of furan rings is 1. The van der Waals surface area contributed by atoms with Gasteiger partial charge in [-0.15, -0.1) is 0 Å². The molecule has 7 heteroatoms. The predicted octanol–water partition coefficient (Wildman–Crippen LogP) is 0.569. The van der Waals surface area contributed by atoms with Crippen molar-refractivity contribution in [3.63, 3.8) is 0 Å². The predicted molar refractivity (Wildman–Crippen MR) is 102 cm³/mol. The largest absolute Gasteiger partial charge is 0.459 e. The highest BCUT2D eigenvalue weighted by Crippen LogP contribution is 2.26. The Kier molecular flexibility index (Phi) is 4.77. The molecule has 3 amide bonds. The number of piperazine rings is 1. The lowest BCUT2D eigenvalue weighted by atomic mass is 10.1. The average Bonchev–Trinajstić information content (AvgIpc) is 3.31. The van der Waals surface area contributed by atoms with Crippen LogP contribution in [0.2, 0.25) is 0 Å². The summed E-state index contributed by atoms with van der Waals surface area (Å²) >= 11 is 0. The maximum absolute atomic E-state index is 13.0. The molecule has 2 aliphatic heterocycles. The first-order chi connectivity index (χ1) is 13.5. The molecule has 1 N–H and O–H groups in total. The molecule has 28 heavy (non-hydrogen) atoms. The number of nitrogens with zero attached hydrogens (tertiary/aromatic N) is 2. The lowest BCUT2D eigenvalue weighted by Crippen LogP contribution is -3.19. The van der Waals surface area contributed by atoms with Crippen LogP contribution in [-0.2, 0) is 9.59 Å². The molecule has 4 rings (SSSR count). The van der Waals surface area contributed by atoms with Crippen LogP contribution in [0.3, 0.4) is 0 Å². The van der Waals surface area contributed by atoms with Gasteiger partial charge in [-0.05, 0) is 37.6 Å². The van der Waals surface area contributed by atoms with Crippen molar-refractivity contribution in [2.45, 2.75) is 26.3 Å². The van der Waals surface area contributed by atoms with E-state index < -0.39 is 0 Å². The quantitative estimate of drug-likeness (QED) is 0.788. The molecule has 0 bridgehead atoms. The van der Waals surface area contributed by atoms with Gasteiger partial charge in [0.05, 0.1) is 44.6 Å². The number of nitrogens with one attached hydrogen (secondary N) is 1. The maximum Gasteiger partial charge on any atom is 0.292 e. The second-order valence-corrected chi connectivity index (χ2v) is 7.54. The van der Waals surface area contributed by atoms with Crippen molar-refractivity contribution in [3.05, 3.63) is 53.5 Å². The van der Waals surface area contributed by atoms with E-state index in [0.717, 1.165) is 16.0 Å². The molecule has 0 radical (unpaired) electrons. The average molecular weight is 382 g/mol. The molecule has 1 atom stereocenters. The molecule has 0 spiro atoms. The SMILES string of the molecule is Cc1ccc(N2C(=O)C[C@@H]([NH+]3CCN(C(=O)c4ccco4)CC3)C2=O)c(C)c1. The van der Waals surface area contributed by atoms with Gasteiger partial charge in [-0.3, -0.25) is 14.4 Å². The van der Waals surface area contributed by atoms with Gasteiger partial charge in [-0.1, -0.05) is 17.7 Å². The molecule has 7 nitrogen and oxygen atoms in total. The molecule has 0 aliphatic carbocycles. The minimum atomic E-state index is -0.380. The van der Waals surface area contributed by atoms with Crippen molar-refractivity contribution >= 4 is 23.4 Å². The number of hydrogen-bond donors (Lipinski definition) is 1. The Labute approximate surface area is 163 Å². The van der Waals surface area contributed by atoms with E-state index in [1.807, 2.05) is 32.0 Å². The summed E-state index contributed by atoms with van der Waals surface area (Å²) in [5, 5.41) is 0. The Balaban J connectivity index is 1.44. The normalized spacial score (nSPS) is 20.9. The number of imide groups is 1. The van der Waals surface area contributed by atoms with Crippen LogP contribution < -0.4 is 9.80 Å². The van der Waals surface area contributed by atoms with Gasteiger partial charge in [0.1, 0.15) is 0 Å². The molecule has 146 valence electrons. The summed E-state index contributed by atoms with van der Waals surface area (Å²) in [7, 11) is 0. The third-order valence-corrected chi connectivity index (χ3v) is 5.66. The number of benzene rings is 1. The topological polar surface area (TPSA) is 75.3 Å². The Hall–Kier alpha value is -2.93. The summed E-state index contributed by atoms with van der Waals surface area (Å²) in [6, 6.07) is 8.71. The summed E-state index contributed by atoms with van der Waals surface area (Å²) in [5.74, 6) is -0.0901. The van der Waals surface area contributed by atoms with Crippen molar-refractivity contribution in [1.82, 2.24) is 4.90 Å². The van der Waals surface area contributed by atoms with Crippen LogP contribution in [0.15, 0.2) is 41.0 Å². The fourth-order valence-electron chi connectivity index (χ4n) is 4.16. The van der Waals surface area contributed by atoms with Crippen molar-refractivity contribution in [1.29, 1.82) is 0 Å². The standard InChI is InChI=1S/C21H23N3O4/c1-14-5-6-16(15(2)12-14)24-19(25)13-17(20(24)26)22-7-9-23(10-8-22)21(27)18-4-3-11-28-18/h3-6,11-12,17H,7-10,13H2,1-2H3/p+1/t17-/m1/s1. The smallest absolute Gasteiger partial charge is 0.292 e. The summed E-state index contributed by atoms with van der Waals surface area (Å²) in [4.78, 5) is 42.2. The van der Waals surface area contributed by atoms with Gasteiger partial charge in [-0.25, -0.2) is 4.90 Å². The van der Waals surface area contributed by atoms with Gasteiger partial charge in [0.15, 0.2) is 11.8 Å². The summed E-state index contributed by atoms with van der Waals surface area (Å²) in [6.45, 7) is 6.25. The van der Waals surface area contributed by atoms with E-state index in [2.05, 4.69) is 0 Å². The van der Waals surface area contributed by atoms with E-state index in [9.17, 15) is 14.4 Å². The minimum absolute atomic E-state index is 0.130. The number of aryl methyl sites for hydroxylation is 2. The van der Waals surface area contributed by atoms with Gasteiger partial charge < -0.3 is 14.2 Å². The Morgan fingerprint density at radius 1 is 1.14 bits per heavy atom. The molecule has 3 heterocycles. The van der Waals surface area contributed by atoms with E-state index in [0.29, 0.717) is 37.6 Å². The molecule has 1 aromatic carbocycles. The highest BCUT2D eigenvalue weighted by molar-refractivity contribution is 6.22. The van der Waals surface area contributed by atoms with Gasteiger partial charge in [0, 0.05) is 0 Å². The first kappa shape index (κ1) is 18.4. The second-order valence-electron chi connectivity index (χ2n) is 7.54. The fraction of sp³-hybridized carbons (Fsp3) is 0.381. The zero-order chi connectivity index (χ0) is 19.8. The fourth-order valence-corrected chi connectivity index (χ4v) is 4.16. The Morgan fingerprint density at radius 2 is 1.89 bits per heavy atom. The lowest BCUT2D eigenvalue weighted by Gasteiger charge is -2.34. The van der Waals surface area contributed by atoms with Crippen molar-refractivity contribution in [2.24, 2.45) is 0 Å². The zero-order valence-corrected chi connectivity index (χ0v) is 16.1. The number of anilines is 1. The van der Waals surface area contributed by atoms with Crippen LogP contribution in [0, 0.1) is 13.8 Å². The van der Waals surface area contributed by atoms with Gasteiger partial charge in [0.25, 0.3) is 11.8 Å². The van der Waals surface area contributed by atoms with Crippen molar-refractivity contribution < 1.29 is 23.7 Å². The molecule has 2 fully saturated rings. The number of quaternary nitrogens is 1. The maximum atomic E-state index is 13.0. The van der Waals surface area contributed by atoms with Crippen LogP contribution in [0.25, 0.3) is 0 Å². The van der Waals surface area contributed by atoms with Crippen LogP contribution in [0.4, 0.5) is 5.69 Å². The van der Waals surface area contributed by atoms with E-state index in [1.54, 1.807) is 17.0 Å². The Bertz CT molecular complexity index is 914. The molecule has 2 aliphatic rings. The Morgan fingerprint density at radius 3 is 2.54 bits per heavy atom. The zero-order valence-electron chi connectivity index (χ0n) is 16.1. The van der Waals surface area contributed by atoms with Crippen molar-refractivity contribution in [3.8, 4) is 0 Å². The summed E-state index contributed by atoms with van der Waals surface area (Å²) in [5.41, 5.74) is 2.69. The number of rotatable bonds is 3. The summed E-state index contributed by atoms with van der Waals surface area (Å²) < 4.78 is 5.19. The third-order valence-electron chi connectivity index (χ3n) is 5.66. The number of hydrogen-bond acceptors (Lipinski definition) is 4. The van der Waals surface area contributed by atoms with Crippen LogP contribution >= 0.6 is 0 Å². The van der Waals surface area contributed by atoms with Gasteiger partial charge in [0.2, 0.25) is 5.91 Å². The molecule has 1 aromatic heterocycles. The van der Waals surface area contributed by atoms with Crippen LogP contribution in [0.1, 0.15) is 28.1 Å². The monoisotopic (exact) mass is 382 g/mol. The van der Waals surface area contributed by atoms with E-state index in [1.165, 1.54) is 11.2 Å². The van der Waals surface area contributed by atoms with E-state index in [4.69, 9.17) is 4.42 Å². The molecular weight excluding hydrogens is 358 g/mol. The molecule has 2 saturated heterocycles. The first-order valence-corrected chi connectivity index (χ1v) is 9.57. The molecule has 2 aromatic rings. The summed E-state index contributed by atoms with van der Waals surface area (Å²) in [6.07, 6.45) is 1.70. The highest BCUT2D eigenvalue weighted by atomic mass is 16.3. The molecule has 0 saturated carbocycles. The highest BCUT2D eigenvalue weighted by Gasteiger charge is 2.47. The van der Waals surface area contributed by atoms with Crippen LogP contribution in [-0.4, -0.2) is 54.8 Å². The number of carbonyl (C=O) groups excluding carboxylic acids is 3. The number of amides is 3. The number of carbonyl (C=O) groups is 3. The first-order valence-electron chi connectivity index (χ1n) is 9.57. The van der Waals surface area contributed by atoms with Crippen LogP contribution in [0.5, 0.6) is 0 Å². The molecule has 0 unspecified atom stereocenters. The third kappa shape index (κ3) is 3.22. The van der Waals surface area contributed by atoms with E-state index in [-0.39, 0.29) is 30.2 Å².